The average Bonchev–Trinajstić information content (AvgIpc) is 3.11. The van der Waals surface area contributed by atoms with Crippen LogP contribution in [-0.2, 0) is 7.05 Å². The molecule has 0 radical (unpaired) electrons. The highest BCUT2D eigenvalue weighted by atomic mass is 15.3. The van der Waals surface area contributed by atoms with Crippen molar-refractivity contribution >= 4 is 11.9 Å². The Labute approximate surface area is 158 Å². The number of benzene rings is 2. The lowest BCUT2D eigenvalue weighted by Gasteiger charge is -2.32. The molecule has 1 aliphatic heterocycles. The first kappa shape index (κ1) is 17.1. The van der Waals surface area contributed by atoms with E-state index in [0.29, 0.717) is 0 Å². The van der Waals surface area contributed by atoms with E-state index < -0.39 is 0 Å². The maximum Gasteiger partial charge on any atom is 0.140 e. The summed E-state index contributed by atoms with van der Waals surface area (Å²) in [6.45, 7) is 1.98. The fourth-order valence-electron chi connectivity index (χ4n) is 3.15. The van der Waals surface area contributed by atoms with Gasteiger partial charge in [0.15, 0.2) is 0 Å². The first-order chi connectivity index (χ1) is 13.1. The Morgan fingerprint density at radius 2 is 1.89 bits per heavy atom. The topological polar surface area (TPSA) is 59.4 Å². The summed E-state index contributed by atoms with van der Waals surface area (Å²) in [4.78, 5) is 7.04. The Kier molecular flexibility index (Phi) is 4.49. The van der Waals surface area contributed by atoms with Crippen molar-refractivity contribution in [1.29, 1.82) is 0 Å². The summed E-state index contributed by atoms with van der Waals surface area (Å²) in [5.74, 6) is 6.45. The Balaban J connectivity index is 1.85. The lowest BCUT2D eigenvalue weighted by atomic mass is 10.1. The molecule has 2 heterocycles. The van der Waals surface area contributed by atoms with Crippen molar-refractivity contribution in [3.63, 3.8) is 0 Å². The molecule has 0 saturated carbocycles. The van der Waals surface area contributed by atoms with Gasteiger partial charge in [0.2, 0.25) is 0 Å². The van der Waals surface area contributed by atoms with Gasteiger partial charge >= 0.3 is 0 Å². The Morgan fingerprint density at radius 1 is 1.07 bits per heavy atom. The molecule has 0 bridgehead atoms. The van der Waals surface area contributed by atoms with E-state index in [2.05, 4.69) is 40.2 Å². The standard InChI is InChI=1S/C22H21N5/c1-16(23)22-25-21-10-6-7-18(12-11-17-13-24-26(2)14-17)20(21)15-27(22)19-8-4-3-5-9-19/h3-10,13-16,22H,23H2,1-2H3/t16?,22-/m1/s1. The normalized spacial score (nSPS) is 16.4. The van der Waals surface area contributed by atoms with E-state index in [-0.39, 0.29) is 12.2 Å². The number of fused-ring (bicyclic) bond motifs is 1. The lowest BCUT2D eigenvalue weighted by Crippen LogP contribution is -2.50. The molecule has 5 heteroatoms. The maximum atomic E-state index is 6.23. The van der Waals surface area contributed by atoms with Gasteiger partial charge in [-0.3, -0.25) is 9.67 Å². The predicted molar refractivity (Wildman–Crippen MR) is 107 cm³/mol. The minimum Gasteiger partial charge on any atom is -0.325 e. The van der Waals surface area contributed by atoms with E-state index in [1.807, 2.05) is 56.6 Å². The van der Waals surface area contributed by atoms with Crippen molar-refractivity contribution < 1.29 is 0 Å². The molecule has 5 nitrogen and oxygen atoms in total. The molecule has 134 valence electrons. The molecule has 1 unspecified atom stereocenters. The molecule has 2 N–H and O–H groups in total. The highest BCUT2D eigenvalue weighted by Gasteiger charge is 2.23. The van der Waals surface area contributed by atoms with E-state index in [9.17, 15) is 0 Å². The van der Waals surface area contributed by atoms with Gasteiger partial charge in [-0.2, -0.15) is 5.10 Å². The summed E-state index contributed by atoms with van der Waals surface area (Å²) in [7, 11) is 1.88. The summed E-state index contributed by atoms with van der Waals surface area (Å²) < 4.78 is 1.75. The van der Waals surface area contributed by atoms with Crippen molar-refractivity contribution in [1.82, 2.24) is 9.78 Å². The minimum absolute atomic E-state index is 0.111. The first-order valence-corrected chi connectivity index (χ1v) is 8.90. The molecular formula is C22H21N5. The molecule has 0 spiro atoms. The predicted octanol–water partition coefficient (Wildman–Crippen LogP) is 1.37. The van der Waals surface area contributed by atoms with Crippen LogP contribution in [0.1, 0.15) is 18.1 Å². The summed E-state index contributed by atoms with van der Waals surface area (Å²) >= 11 is 0. The number of rotatable bonds is 2. The van der Waals surface area contributed by atoms with Crippen molar-refractivity contribution in [3.8, 4) is 11.8 Å². The quantitative estimate of drug-likeness (QED) is 0.707. The van der Waals surface area contributed by atoms with Crippen LogP contribution in [0, 0.1) is 11.8 Å². The van der Waals surface area contributed by atoms with Crippen molar-refractivity contribution in [2.45, 2.75) is 19.1 Å². The molecule has 2 atom stereocenters. The Morgan fingerprint density at radius 3 is 2.59 bits per heavy atom. The van der Waals surface area contributed by atoms with E-state index >= 15 is 0 Å². The molecule has 1 aliphatic rings. The van der Waals surface area contributed by atoms with E-state index in [1.54, 1.807) is 10.9 Å². The second-order valence-electron chi connectivity index (χ2n) is 6.66. The summed E-state index contributed by atoms with van der Waals surface area (Å²) in [5, 5.41) is 6.09. The summed E-state index contributed by atoms with van der Waals surface area (Å²) in [6.07, 6.45) is 5.62. The molecule has 4 rings (SSSR count). The number of aryl methyl sites for hydroxylation is 1. The highest BCUT2D eigenvalue weighted by Crippen LogP contribution is 2.20. The smallest absolute Gasteiger partial charge is 0.140 e. The molecule has 0 aliphatic carbocycles. The van der Waals surface area contributed by atoms with Crippen LogP contribution in [0.25, 0.3) is 6.20 Å². The zero-order valence-corrected chi connectivity index (χ0v) is 15.4. The second kappa shape index (κ2) is 7.10. The zero-order chi connectivity index (χ0) is 18.8. The number of aromatic nitrogens is 2. The van der Waals surface area contributed by atoms with Crippen molar-refractivity contribution in [2.75, 3.05) is 4.90 Å². The first-order valence-electron chi connectivity index (χ1n) is 8.90. The van der Waals surface area contributed by atoms with Gasteiger partial charge in [-0.25, -0.2) is 0 Å². The third-order valence-corrected chi connectivity index (χ3v) is 4.48. The van der Waals surface area contributed by atoms with Crippen LogP contribution in [0.2, 0.25) is 0 Å². The fraction of sp³-hybridized carbons (Fsp3) is 0.182. The molecule has 2 aromatic carbocycles. The molecule has 0 amide bonds. The zero-order valence-electron chi connectivity index (χ0n) is 15.4. The number of anilines is 1. The van der Waals surface area contributed by atoms with Gasteiger partial charge in [0.25, 0.3) is 0 Å². The van der Waals surface area contributed by atoms with Crippen LogP contribution in [0.3, 0.4) is 0 Å². The lowest BCUT2D eigenvalue weighted by molar-refractivity contribution is 0.557. The average molecular weight is 355 g/mol. The van der Waals surface area contributed by atoms with E-state index in [4.69, 9.17) is 10.7 Å². The fourth-order valence-corrected chi connectivity index (χ4v) is 3.15. The third kappa shape index (κ3) is 3.48. The van der Waals surface area contributed by atoms with Crippen molar-refractivity contribution in [2.24, 2.45) is 17.8 Å². The van der Waals surface area contributed by atoms with Crippen LogP contribution in [-0.4, -0.2) is 22.0 Å². The van der Waals surface area contributed by atoms with Gasteiger partial charge in [-0.05, 0) is 31.2 Å². The van der Waals surface area contributed by atoms with Crippen molar-refractivity contribution in [3.05, 3.63) is 82.6 Å². The monoisotopic (exact) mass is 355 g/mol. The highest BCUT2D eigenvalue weighted by molar-refractivity contribution is 5.62. The maximum absolute atomic E-state index is 6.23. The van der Waals surface area contributed by atoms with Gasteiger partial charge in [-0.15, -0.1) is 0 Å². The Bertz CT molecular complexity index is 1130. The second-order valence-corrected chi connectivity index (χ2v) is 6.66. The van der Waals surface area contributed by atoms with Gasteiger partial charge in [0.05, 0.1) is 17.1 Å². The van der Waals surface area contributed by atoms with Crippen LogP contribution >= 0.6 is 0 Å². The minimum atomic E-state index is -0.151. The number of nitrogens with two attached hydrogens (primary N) is 1. The molecule has 27 heavy (non-hydrogen) atoms. The molecule has 0 fully saturated rings. The SMILES string of the molecule is CC(N)[C@@H]1N=c2cccc(C#Cc3cnn(C)c3)c2=CN1c1ccccc1. The van der Waals surface area contributed by atoms with Crippen LogP contribution < -0.4 is 21.2 Å². The molecular weight excluding hydrogens is 334 g/mol. The molecule has 0 saturated heterocycles. The van der Waals surface area contributed by atoms with E-state index in [1.165, 1.54) is 0 Å². The number of hydrogen-bond donors (Lipinski definition) is 1. The largest absolute Gasteiger partial charge is 0.325 e. The van der Waals surface area contributed by atoms with Gasteiger partial charge in [0.1, 0.15) is 6.17 Å². The van der Waals surface area contributed by atoms with Crippen LogP contribution in [0.15, 0.2) is 65.9 Å². The van der Waals surface area contributed by atoms with Gasteiger partial charge in [0, 0.05) is 42.0 Å². The number of hydrogen-bond acceptors (Lipinski definition) is 4. The van der Waals surface area contributed by atoms with Gasteiger partial charge < -0.3 is 10.6 Å². The van der Waals surface area contributed by atoms with Gasteiger partial charge in [-0.1, -0.05) is 36.1 Å². The molecule has 3 aromatic rings. The third-order valence-electron chi connectivity index (χ3n) is 4.48. The summed E-state index contributed by atoms with van der Waals surface area (Å²) in [6, 6.07) is 16.1. The molecule has 1 aromatic heterocycles. The summed E-state index contributed by atoms with van der Waals surface area (Å²) in [5.41, 5.74) is 9.11. The number of nitrogens with zero attached hydrogens (tertiary/aromatic N) is 4. The number of para-hydroxylation sites is 1. The Hall–Kier alpha value is -3.36. The van der Waals surface area contributed by atoms with Crippen LogP contribution in [0.4, 0.5) is 5.69 Å². The van der Waals surface area contributed by atoms with Crippen LogP contribution in [0.5, 0.6) is 0 Å². The van der Waals surface area contributed by atoms with E-state index in [0.717, 1.165) is 27.4 Å².